The van der Waals surface area contributed by atoms with E-state index in [1.807, 2.05) is 0 Å². The number of halogens is 1. The van der Waals surface area contributed by atoms with Crippen LogP contribution in [0, 0.1) is 5.41 Å². The van der Waals surface area contributed by atoms with Crippen molar-refractivity contribution in [2.45, 2.75) is 39.0 Å². The highest BCUT2D eigenvalue weighted by Crippen LogP contribution is 2.39. The Labute approximate surface area is 82.1 Å². The highest BCUT2D eigenvalue weighted by atomic mass is 127. The van der Waals surface area contributed by atoms with Gasteiger partial charge in [-0.1, -0.05) is 29.5 Å². The van der Waals surface area contributed by atoms with E-state index in [9.17, 15) is 4.79 Å². The molecule has 0 saturated heterocycles. The van der Waals surface area contributed by atoms with Gasteiger partial charge in [0.2, 0.25) is 0 Å². The molecule has 0 unspecified atom stereocenters. The number of Topliss-reactive ketones (excluding diaryl/α,β-unsaturated/α-hetero) is 1. The summed E-state index contributed by atoms with van der Waals surface area (Å²) in [6.07, 6.45) is 5.16. The molecule has 1 nitrogen and oxygen atoms in total. The van der Waals surface area contributed by atoms with E-state index in [4.69, 9.17) is 0 Å². The molecule has 64 valence electrons. The fourth-order valence-electron chi connectivity index (χ4n) is 1.64. The Hall–Kier alpha value is 0.400. The Morgan fingerprint density at radius 3 is 2.36 bits per heavy atom. The van der Waals surface area contributed by atoms with Gasteiger partial charge in [0, 0.05) is 17.3 Å². The lowest BCUT2D eigenvalue weighted by Crippen LogP contribution is -2.28. The molecule has 1 aliphatic rings. The highest BCUT2D eigenvalue weighted by Gasteiger charge is 2.31. The zero-order valence-electron chi connectivity index (χ0n) is 7.03. The molecule has 0 aromatic carbocycles. The standard InChI is InChI=1S/C9H15IO/c1-2-9(7-10)5-3-8(11)4-6-9/h2-7H2,1H3. The normalized spacial score (nSPS) is 23.6. The van der Waals surface area contributed by atoms with Crippen molar-refractivity contribution in [3.05, 3.63) is 0 Å². The average molecular weight is 266 g/mol. The lowest BCUT2D eigenvalue weighted by atomic mass is 9.73. The van der Waals surface area contributed by atoms with Crippen LogP contribution in [0.3, 0.4) is 0 Å². The summed E-state index contributed by atoms with van der Waals surface area (Å²) in [7, 11) is 0. The summed E-state index contributed by atoms with van der Waals surface area (Å²) in [6, 6.07) is 0. The van der Waals surface area contributed by atoms with Gasteiger partial charge in [-0.15, -0.1) is 0 Å². The van der Waals surface area contributed by atoms with Gasteiger partial charge < -0.3 is 0 Å². The number of rotatable bonds is 2. The van der Waals surface area contributed by atoms with Crippen LogP contribution in [-0.2, 0) is 4.79 Å². The Balaban J connectivity index is 2.52. The molecule has 0 aliphatic heterocycles. The van der Waals surface area contributed by atoms with Crippen LogP contribution in [0.2, 0.25) is 0 Å². The molecule has 1 saturated carbocycles. The number of alkyl halides is 1. The van der Waals surface area contributed by atoms with E-state index in [0.717, 1.165) is 25.7 Å². The zero-order valence-corrected chi connectivity index (χ0v) is 9.19. The lowest BCUT2D eigenvalue weighted by Gasteiger charge is -2.33. The van der Waals surface area contributed by atoms with Gasteiger partial charge in [-0.2, -0.15) is 0 Å². The molecule has 1 fully saturated rings. The number of hydrogen-bond acceptors (Lipinski definition) is 1. The van der Waals surface area contributed by atoms with Gasteiger partial charge in [0.05, 0.1) is 0 Å². The molecule has 0 atom stereocenters. The van der Waals surface area contributed by atoms with Gasteiger partial charge in [-0.25, -0.2) is 0 Å². The van der Waals surface area contributed by atoms with Crippen molar-refractivity contribution < 1.29 is 4.79 Å². The van der Waals surface area contributed by atoms with Crippen LogP contribution >= 0.6 is 22.6 Å². The minimum atomic E-state index is 0.471. The first-order valence-electron chi connectivity index (χ1n) is 4.30. The lowest BCUT2D eigenvalue weighted by molar-refractivity contribution is -0.122. The molecule has 0 N–H and O–H groups in total. The summed E-state index contributed by atoms with van der Waals surface area (Å²) in [5, 5.41) is 0. The first kappa shape index (κ1) is 9.49. The predicted molar refractivity (Wildman–Crippen MR) is 55.1 cm³/mol. The third kappa shape index (κ3) is 2.17. The average Bonchev–Trinajstić information content (AvgIpc) is 2.07. The Bertz CT molecular complexity index is 138. The number of hydrogen-bond donors (Lipinski definition) is 0. The number of carbonyl (C=O) groups excluding carboxylic acids is 1. The first-order valence-corrected chi connectivity index (χ1v) is 5.83. The van der Waals surface area contributed by atoms with Crippen LogP contribution in [0.4, 0.5) is 0 Å². The molecule has 0 heterocycles. The Kier molecular flexibility index (Phi) is 3.34. The fourth-order valence-corrected chi connectivity index (χ4v) is 2.94. The molecule has 0 radical (unpaired) electrons. The van der Waals surface area contributed by atoms with E-state index in [0.29, 0.717) is 11.2 Å². The summed E-state index contributed by atoms with van der Waals surface area (Å²) >= 11 is 2.46. The molecule has 1 rings (SSSR count). The van der Waals surface area contributed by atoms with Crippen molar-refractivity contribution >= 4 is 28.4 Å². The van der Waals surface area contributed by atoms with Crippen LogP contribution in [0.25, 0.3) is 0 Å². The van der Waals surface area contributed by atoms with E-state index < -0.39 is 0 Å². The van der Waals surface area contributed by atoms with Gasteiger partial charge in [0.1, 0.15) is 5.78 Å². The highest BCUT2D eigenvalue weighted by molar-refractivity contribution is 14.1. The smallest absolute Gasteiger partial charge is 0.132 e. The van der Waals surface area contributed by atoms with Crippen molar-refractivity contribution in [1.29, 1.82) is 0 Å². The van der Waals surface area contributed by atoms with Crippen LogP contribution in [0.15, 0.2) is 0 Å². The first-order chi connectivity index (χ1) is 5.22. The van der Waals surface area contributed by atoms with E-state index in [2.05, 4.69) is 29.5 Å². The second-order valence-corrected chi connectivity index (χ2v) is 4.29. The number of ketones is 1. The van der Waals surface area contributed by atoms with Crippen molar-refractivity contribution in [2.24, 2.45) is 5.41 Å². The fraction of sp³-hybridized carbons (Fsp3) is 0.889. The minimum absolute atomic E-state index is 0.471. The van der Waals surface area contributed by atoms with Gasteiger partial charge in [-0.05, 0) is 24.7 Å². The maximum Gasteiger partial charge on any atom is 0.132 e. The summed E-state index contributed by atoms with van der Waals surface area (Å²) in [6.45, 7) is 2.24. The van der Waals surface area contributed by atoms with Crippen LogP contribution in [-0.4, -0.2) is 10.2 Å². The van der Waals surface area contributed by atoms with Gasteiger partial charge in [-0.3, -0.25) is 4.79 Å². The summed E-state index contributed by atoms with van der Waals surface area (Å²) in [5.41, 5.74) is 0.508. The van der Waals surface area contributed by atoms with Crippen molar-refractivity contribution in [3.8, 4) is 0 Å². The molecule has 1 aliphatic carbocycles. The van der Waals surface area contributed by atoms with Crippen LogP contribution in [0.5, 0.6) is 0 Å². The molecule has 0 amide bonds. The number of carbonyl (C=O) groups is 1. The topological polar surface area (TPSA) is 17.1 Å². The summed E-state index contributed by atoms with van der Waals surface area (Å²) < 4.78 is 1.22. The van der Waals surface area contributed by atoms with E-state index in [-0.39, 0.29) is 0 Å². The Morgan fingerprint density at radius 2 is 2.00 bits per heavy atom. The quantitative estimate of drug-likeness (QED) is 0.554. The zero-order chi connectivity index (χ0) is 8.32. The monoisotopic (exact) mass is 266 g/mol. The largest absolute Gasteiger partial charge is 0.300 e. The molecule has 0 aromatic heterocycles. The van der Waals surface area contributed by atoms with Crippen molar-refractivity contribution in [1.82, 2.24) is 0 Å². The second-order valence-electron chi connectivity index (χ2n) is 3.53. The predicted octanol–water partition coefficient (Wildman–Crippen LogP) is 2.96. The molecule has 0 spiro atoms. The maximum atomic E-state index is 11.0. The van der Waals surface area contributed by atoms with Crippen LogP contribution in [0.1, 0.15) is 39.0 Å². The third-order valence-electron chi connectivity index (χ3n) is 2.90. The second kappa shape index (κ2) is 3.87. The van der Waals surface area contributed by atoms with E-state index in [1.54, 1.807) is 0 Å². The minimum Gasteiger partial charge on any atom is -0.300 e. The molecule has 2 heteroatoms. The molecular formula is C9H15IO. The summed E-state index contributed by atoms with van der Waals surface area (Å²) in [4.78, 5) is 11.0. The summed E-state index contributed by atoms with van der Waals surface area (Å²) in [5.74, 6) is 0.471. The molecule has 11 heavy (non-hydrogen) atoms. The molecule has 0 bridgehead atoms. The third-order valence-corrected chi connectivity index (χ3v) is 4.52. The van der Waals surface area contributed by atoms with Crippen molar-refractivity contribution in [2.75, 3.05) is 4.43 Å². The molecule has 0 aromatic rings. The van der Waals surface area contributed by atoms with E-state index in [1.165, 1.54) is 10.8 Å². The van der Waals surface area contributed by atoms with Crippen LogP contribution < -0.4 is 0 Å². The van der Waals surface area contributed by atoms with Gasteiger partial charge in [0.25, 0.3) is 0 Å². The van der Waals surface area contributed by atoms with Gasteiger partial charge >= 0.3 is 0 Å². The Morgan fingerprint density at radius 1 is 1.45 bits per heavy atom. The van der Waals surface area contributed by atoms with E-state index >= 15 is 0 Å². The van der Waals surface area contributed by atoms with Crippen molar-refractivity contribution in [3.63, 3.8) is 0 Å². The molecular weight excluding hydrogens is 251 g/mol. The SMILES string of the molecule is CCC1(CI)CCC(=O)CC1. The maximum absolute atomic E-state index is 11.0. The van der Waals surface area contributed by atoms with Gasteiger partial charge in [0.15, 0.2) is 0 Å².